The largest absolute Gasteiger partial charge is 0.292 e. The molecule has 2 aromatic carbocycles. The minimum absolute atomic E-state index is 0.0287. The zero-order valence-electron chi connectivity index (χ0n) is 11.5. The molecule has 2 amide bonds. The molecule has 3 heteroatoms. The monoisotopic (exact) mass is 277 g/mol. The molecule has 0 aromatic heterocycles. The first kappa shape index (κ1) is 13.3. The van der Waals surface area contributed by atoms with Crippen LogP contribution in [0.4, 0.5) is 0 Å². The Morgan fingerprint density at radius 2 is 1.38 bits per heavy atom. The molecule has 1 aliphatic heterocycles. The van der Waals surface area contributed by atoms with Crippen molar-refractivity contribution in [2.45, 2.75) is 12.3 Å². The maximum atomic E-state index is 11.8. The maximum Gasteiger partial charge on any atom is 0.254 e. The second-order valence-corrected chi connectivity index (χ2v) is 5.05. The van der Waals surface area contributed by atoms with Crippen molar-refractivity contribution in [3.05, 3.63) is 83.4 Å². The predicted molar refractivity (Wildman–Crippen MR) is 80.6 cm³/mol. The zero-order chi connectivity index (χ0) is 14.7. The van der Waals surface area contributed by atoms with Crippen LogP contribution in [0, 0.1) is 0 Å². The fraction of sp³-hybridized carbons (Fsp3) is 0.111. The summed E-state index contributed by atoms with van der Waals surface area (Å²) >= 11 is 0. The third kappa shape index (κ3) is 2.92. The lowest BCUT2D eigenvalue weighted by Crippen LogP contribution is -2.19. The minimum Gasteiger partial charge on any atom is -0.292 e. The lowest BCUT2D eigenvalue weighted by Gasteiger charge is -2.14. The highest BCUT2D eigenvalue weighted by Crippen LogP contribution is 2.28. The van der Waals surface area contributed by atoms with Gasteiger partial charge in [-0.2, -0.15) is 0 Å². The molecule has 1 heterocycles. The Balaban J connectivity index is 2.04. The van der Waals surface area contributed by atoms with Crippen LogP contribution < -0.4 is 5.32 Å². The summed E-state index contributed by atoms with van der Waals surface area (Å²) in [5.74, 6) is -0.540. The molecule has 0 unspecified atom stereocenters. The summed E-state index contributed by atoms with van der Waals surface area (Å²) in [5, 5.41) is 2.33. The van der Waals surface area contributed by atoms with Crippen LogP contribution in [0.15, 0.2) is 72.3 Å². The first-order valence-corrected chi connectivity index (χ1v) is 6.89. The van der Waals surface area contributed by atoms with Gasteiger partial charge in [0.1, 0.15) is 0 Å². The summed E-state index contributed by atoms with van der Waals surface area (Å²) < 4.78 is 0. The number of imide groups is 1. The van der Waals surface area contributed by atoms with Crippen LogP contribution in [-0.2, 0) is 9.59 Å². The molecule has 2 aromatic rings. The van der Waals surface area contributed by atoms with Crippen molar-refractivity contribution in [1.82, 2.24) is 5.32 Å². The molecule has 0 radical (unpaired) electrons. The molecule has 0 aliphatic carbocycles. The van der Waals surface area contributed by atoms with E-state index in [1.807, 2.05) is 66.7 Å². The van der Waals surface area contributed by atoms with Crippen LogP contribution >= 0.6 is 0 Å². The van der Waals surface area contributed by atoms with Crippen LogP contribution in [-0.4, -0.2) is 11.8 Å². The molecule has 0 atom stereocenters. The molecule has 1 fully saturated rings. The summed E-state index contributed by atoms with van der Waals surface area (Å²) in [6, 6.07) is 20.0. The smallest absolute Gasteiger partial charge is 0.254 e. The van der Waals surface area contributed by atoms with Crippen LogP contribution in [0.1, 0.15) is 23.5 Å². The van der Waals surface area contributed by atoms with Crippen molar-refractivity contribution in [3.8, 4) is 0 Å². The molecule has 3 rings (SSSR count). The van der Waals surface area contributed by atoms with Gasteiger partial charge in [-0.1, -0.05) is 66.7 Å². The van der Waals surface area contributed by atoms with Crippen molar-refractivity contribution < 1.29 is 9.59 Å². The number of benzene rings is 2. The third-order valence-electron chi connectivity index (χ3n) is 3.58. The number of rotatable bonds is 3. The van der Waals surface area contributed by atoms with Gasteiger partial charge in [0.2, 0.25) is 5.91 Å². The maximum absolute atomic E-state index is 11.8. The molecule has 1 saturated heterocycles. The Bertz CT molecular complexity index is 650. The van der Waals surface area contributed by atoms with E-state index in [-0.39, 0.29) is 24.2 Å². The molecule has 3 nitrogen and oxygen atoms in total. The molecule has 0 spiro atoms. The van der Waals surface area contributed by atoms with Gasteiger partial charge < -0.3 is 0 Å². The van der Waals surface area contributed by atoms with Gasteiger partial charge in [-0.3, -0.25) is 14.9 Å². The van der Waals surface area contributed by atoms with Gasteiger partial charge >= 0.3 is 0 Å². The summed E-state index contributed by atoms with van der Waals surface area (Å²) in [6.07, 6.45) is 2.06. The fourth-order valence-corrected chi connectivity index (χ4v) is 2.55. The van der Waals surface area contributed by atoms with Gasteiger partial charge in [-0.15, -0.1) is 0 Å². The first-order chi connectivity index (χ1) is 10.2. The van der Waals surface area contributed by atoms with Gasteiger partial charge in [0.05, 0.1) is 6.42 Å². The standard InChI is InChI=1S/C18H15NO2/c20-17-12-15(18(21)19-17)11-16(13-7-3-1-4-8-13)14-9-5-2-6-10-14/h1-11,16H,12H2,(H,19,20,21). The van der Waals surface area contributed by atoms with Crippen LogP contribution in [0.5, 0.6) is 0 Å². The number of carbonyl (C=O) groups is 2. The number of amides is 2. The number of hydrogen-bond donors (Lipinski definition) is 1. The highest BCUT2D eigenvalue weighted by atomic mass is 16.2. The first-order valence-electron chi connectivity index (χ1n) is 6.89. The van der Waals surface area contributed by atoms with Gasteiger partial charge in [0.25, 0.3) is 5.91 Å². The molecule has 104 valence electrons. The van der Waals surface area contributed by atoms with E-state index in [0.29, 0.717) is 5.57 Å². The molecule has 0 saturated carbocycles. The van der Waals surface area contributed by atoms with E-state index < -0.39 is 0 Å². The highest BCUT2D eigenvalue weighted by molar-refractivity contribution is 6.13. The van der Waals surface area contributed by atoms with Gasteiger partial charge in [-0.25, -0.2) is 0 Å². The predicted octanol–water partition coefficient (Wildman–Crippen LogP) is 2.79. The van der Waals surface area contributed by atoms with Crippen molar-refractivity contribution in [2.24, 2.45) is 0 Å². The van der Waals surface area contributed by atoms with Gasteiger partial charge in [-0.05, 0) is 11.1 Å². The number of carbonyl (C=O) groups excluding carboxylic acids is 2. The molecule has 0 bridgehead atoms. The average Bonchev–Trinajstić information content (AvgIpc) is 2.84. The van der Waals surface area contributed by atoms with E-state index in [9.17, 15) is 9.59 Å². The lowest BCUT2D eigenvalue weighted by molar-refractivity contribution is -0.124. The van der Waals surface area contributed by atoms with E-state index in [2.05, 4.69) is 5.32 Å². The molecule has 1 aliphatic rings. The quantitative estimate of drug-likeness (QED) is 0.692. The Kier molecular flexibility index (Phi) is 3.65. The second kappa shape index (κ2) is 5.75. The Morgan fingerprint density at radius 3 is 1.81 bits per heavy atom. The number of nitrogens with one attached hydrogen (secondary N) is 1. The van der Waals surface area contributed by atoms with E-state index >= 15 is 0 Å². The zero-order valence-corrected chi connectivity index (χ0v) is 11.5. The van der Waals surface area contributed by atoms with Crippen molar-refractivity contribution in [3.63, 3.8) is 0 Å². The van der Waals surface area contributed by atoms with E-state index in [1.54, 1.807) is 0 Å². The van der Waals surface area contributed by atoms with Crippen molar-refractivity contribution in [1.29, 1.82) is 0 Å². The van der Waals surface area contributed by atoms with Crippen molar-refractivity contribution >= 4 is 11.8 Å². The number of allylic oxidation sites excluding steroid dienone is 1. The fourth-order valence-electron chi connectivity index (χ4n) is 2.55. The lowest BCUT2D eigenvalue weighted by atomic mass is 9.89. The summed E-state index contributed by atoms with van der Waals surface area (Å²) in [4.78, 5) is 23.1. The van der Waals surface area contributed by atoms with E-state index in [1.165, 1.54) is 0 Å². The Hall–Kier alpha value is -2.68. The third-order valence-corrected chi connectivity index (χ3v) is 3.58. The molecular weight excluding hydrogens is 262 g/mol. The summed E-state index contributed by atoms with van der Waals surface area (Å²) in [6.45, 7) is 0. The van der Waals surface area contributed by atoms with Gasteiger partial charge in [0, 0.05) is 11.5 Å². The van der Waals surface area contributed by atoms with Crippen LogP contribution in [0.25, 0.3) is 0 Å². The van der Waals surface area contributed by atoms with Crippen LogP contribution in [0.2, 0.25) is 0 Å². The van der Waals surface area contributed by atoms with E-state index in [0.717, 1.165) is 11.1 Å². The molecule has 1 N–H and O–H groups in total. The SMILES string of the molecule is O=C1CC(=CC(c2ccccc2)c2ccccc2)C(=O)N1. The summed E-state index contributed by atoms with van der Waals surface area (Å²) in [7, 11) is 0. The highest BCUT2D eigenvalue weighted by Gasteiger charge is 2.25. The normalized spacial score (nSPS) is 16.5. The molecular formula is C18H15NO2. The Morgan fingerprint density at radius 1 is 0.857 bits per heavy atom. The number of hydrogen-bond acceptors (Lipinski definition) is 2. The molecule has 21 heavy (non-hydrogen) atoms. The topological polar surface area (TPSA) is 46.2 Å². The van der Waals surface area contributed by atoms with E-state index in [4.69, 9.17) is 0 Å². The average molecular weight is 277 g/mol. The Labute approximate surface area is 123 Å². The summed E-state index contributed by atoms with van der Waals surface area (Å²) in [5.41, 5.74) is 2.74. The second-order valence-electron chi connectivity index (χ2n) is 5.05. The van der Waals surface area contributed by atoms with Gasteiger partial charge in [0.15, 0.2) is 0 Å². The van der Waals surface area contributed by atoms with Crippen LogP contribution in [0.3, 0.4) is 0 Å². The minimum atomic E-state index is -0.281. The van der Waals surface area contributed by atoms with Crippen molar-refractivity contribution in [2.75, 3.05) is 0 Å².